The number of anilines is 1. The number of rotatable bonds is 3. The average molecular weight is 273 g/mol. The second-order valence-corrected chi connectivity index (χ2v) is 5.53. The summed E-state index contributed by atoms with van der Waals surface area (Å²) in [7, 11) is 0. The number of hydrogen-bond acceptors (Lipinski definition) is 4. The fourth-order valence-corrected chi connectivity index (χ4v) is 2.22. The van der Waals surface area contributed by atoms with Gasteiger partial charge < -0.3 is 10.1 Å². The van der Waals surface area contributed by atoms with Crippen molar-refractivity contribution in [3.63, 3.8) is 0 Å². The third kappa shape index (κ3) is 3.56. The van der Waals surface area contributed by atoms with Gasteiger partial charge in [0.2, 0.25) is 5.91 Å². The maximum Gasteiger partial charge on any atom is 0.238 e. The number of nitrogens with one attached hydrogen (secondary N) is 1. The van der Waals surface area contributed by atoms with Crippen molar-refractivity contribution in [2.24, 2.45) is 0 Å². The van der Waals surface area contributed by atoms with E-state index >= 15 is 0 Å². The molecule has 1 aromatic carbocycles. The first kappa shape index (κ1) is 14.5. The number of amides is 1. The molecule has 20 heavy (non-hydrogen) atoms. The minimum absolute atomic E-state index is 0.0740. The highest BCUT2D eigenvalue weighted by atomic mass is 16.5. The van der Waals surface area contributed by atoms with E-state index in [2.05, 4.69) is 30.1 Å². The molecule has 0 spiro atoms. The molecule has 1 N–H and O–H groups in total. The molecule has 1 heterocycles. The van der Waals surface area contributed by atoms with Crippen molar-refractivity contribution in [2.75, 3.05) is 31.6 Å². The maximum absolute atomic E-state index is 12.1. The van der Waals surface area contributed by atoms with Gasteiger partial charge in [-0.1, -0.05) is 6.07 Å². The number of hydrogen-bond donors (Lipinski definition) is 1. The van der Waals surface area contributed by atoms with Crippen LogP contribution < -0.4 is 5.32 Å². The summed E-state index contributed by atoms with van der Waals surface area (Å²) >= 11 is 0. The molecule has 1 amide bonds. The van der Waals surface area contributed by atoms with Gasteiger partial charge in [0.1, 0.15) is 0 Å². The molecular weight excluding hydrogens is 254 g/mol. The van der Waals surface area contributed by atoms with Crippen molar-refractivity contribution < 1.29 is 9.53 Å². The first-order chi connectivity index (χ1) is 9.51. The SMILES string of the molecule is CC1(C)COCCN1CC(=O)Nc1cccc(C#N)c1. The quantitative estimate of drug-likeness (QED) is 0.908. The fourth-order valence-electron chi connectivity index (χ4n) is 2.22. The lowest BCUT2D eigenvalue weighted by atomic mass is 10.0. The molecule has 1 aliphatic heterocycles. The summed E-state index contributed by atoms with van der Waals surface area (Å²) in [6.07, 6.45) is 0. The van der Waals surface area contributed by atoms with Gasteiger partial charge in [0.15, 0.2) is 0 Å². The molecule has 1 saturated heterocycles. The van der Waals surface area contributed by atoms with Gasteiger partial charge in [0.25, 0.3) is 0 Å². The van der Waals surface area contributed by atoms with Gasteiger partial charge in [-0.2, -0.15) is 5.26 Å². The Morgan fingerprint density at radius 1 is 1.55 bits per heavy atom. The first-order valence-electron chi connectivity index (χ1n) is 6.64. The predicted octanol–water partition coefficient (Wildman–Crippen LogP) is 1.61. The zero-order valence-electron chi connectivity index (χ0n) is 11.8. The molecule has 1 aliphatic rings. The lowest BCUT2D eigenvalue weighted by Crippen LogP contribution is -2.55. The molecule has 5 heteroatoms. The van der Waals surface area contributed by atoms with Gasteiger partial charge in [-0.3, -0.25) is 9.69 Å². The Morgan fingerprint density at radius 2 is 2.35 bits per heavy atom. The highest BCUT2D eigenvalue weighted by molar-refractivity contribution is 5.92. The normalized spacial score (nSPS) is 18.2. The fraction of sp³-hybridized carbons (Fsp3) is 0.467. The van der Waals surface area contributed by atoms with Gasteiger partial charge in [0.05, 0.1) is 31.4 Å². The van der Waals surface area contributed by atoms with Gasteiger partial charge >= 0.3 is 0 Å². The van der Waals surface area contributed by atoms with E-state index < -0.39 is 0 Å². The average Bonchev–Trinajstić information content (AvgIpc) is 2.41. The van der Waals surface area contributed by atoms with Crippen LogP contribution in [0.15, 0.2) is 24.3 Å². The van der Waals surface area contributed by atoms with E-state index in [1.54, 1.807) is 24.3 Å². The van der Waals surface area contributed by atoms with Crippen LogP contribution in [0.2, 0.25) is 0 Å². The zero-order chi connectivity index (χ0) is 14.6. The maximum atomic E-state index is 12.1. The standard InChI is InChI=1S/C15H19N3O2/c1-15(2)11-20-7-6-18(15)10-14(19)17-13-5-3-4-12(8-13)9-16/h3-5,8H,6-7,10-11H2,1-2H3,(H,17,19). The Balaban J connectivity index is 1.96. The van der Waals surface area contributed by atoms with E-state index in [1.165, 1.54) is 0 Å². The van der Waals surface area contributed by atoms with Crippen molar-refractivity contribution in [3.8, 4) is 6.07 Å². The van der Waals surface area contributed by atoms with Gasteiger partial charge in [-0.25, -0.2) is 0 Å². The van der Waals surface area contributed by atoms with Crippen molar-refractivity contribution in [1.82, 2.24) is 4.90 Å². The molecular formula is C15H19N3O2. The van der Waals surface area contributed by atoms with Crippen LogP contribution in [-0.4, -0.2) is 42.6 Å². The minimum atomic E-state index is -0.135. The Morgan fingerprint density at radius 3 is 3.05 bits per heavy atom. The number of benzene rings is 1. The zero-order valence-corrected chi connectivity index (χ0v) is 11.8. The summed E-state index contributed by atoms with van der Waals surface area (Å²) in [5.74, 6) is -0.0740. The Hall–Kier alpha value is -1.90. The van der Waals surface area contributed by atoms with Crippen LogP contribution in [0.25, 0.3) is 0 Å². The first-order valence-corrected chi connectivity index (χ1v) is 6.64. The Kier molecular flexibility index (Phi) is 4.38. The second-order valence-electron chi connectivity index (χ2n) is 5.53. The van der Waals surface area contributed by atoms with E-state index in [0.717, 1.165) is 6.54 Å². The summed E-state index contributed by atoms with van der Waals surface area (Å²) in [6.45, 7) is 6.49. The van der Waals surface area contributed by atoms with E-state index in [9.17, 15) is 4.79 Å². The molecule has 0 saturated carbocycles. The molecule has 5 nitrogen and oxygen atoms in total. The Labute approximate surface area is 119 Å². The van der Waals surface area contributed by atoms with Gasteiger partial charge in [-0.05, 0) is 32.0 Å². The largest absolute Gasteiger partial charge is 0.378 e. The van der Waals surface area contributed by atoms with Crippen LogP contribution in [0.3, 0.4) is 0 Å². The minimum Gasteiger partial charge on any atom is -0.378 e. The lowest BCUT2D eigenvalue weighted by molar-refractivity contribution is -0.122. The highest BCUT2D eigenvalue weighted by Gasteiger charge is 2.31. The lowest BCUT2D eigenvalue weighted by Gasteiger charge is -2.41. The monoisotopic (exact) mass is 273 g/mol. The highest BCUT2D eigenvalue weighted by Crippen LogP contribution is 2.18. The third-order valence-corrected chi connectivity index (χ3v) is 3.43. The van der Waals surface area contributed by atoms with Crippen LogP contribution in [0, 0.1) is 11.3 Å². The van der Waals surface area contributed by atoms with E-state index in [4.69, 9.17) is 10.00 Å². The molecule has 1 aromatic rings. The van der Waals surface area contributed by atoms with Crippen molar-refractivity contribution in [1.29, 1.82) is 5.26 Å². The molecule has 0 aliphatic carbocycles. The van der Waals surface area contributed by atoms with Crippen LogP contribution in [0.5, 0.6) is 0 Å². The number of carbonyl (C=O) groups is 1. The van der Waals surface area contributed by atoms with Crippen molar-refractivity contribution >= 4 is 11.6 Å². The summed E-state index contributed by atoms with van der Waals surface area (Å²) < 4.78 is 5.44. The summed E-state index contributed by atoms with van der Waals surface area (Å²) in [5, 5.41) is 11.7. The summed E-state index contributed by atoms with van der Waals surface area (Å²) in [6, 6.07) is 8.97. The third-order valence-electron chi connectivity index (χ3n) is 3.43. The topological polar surface area (TPSA) is 65.4 Å². The van der Waals surface area contributed by atoms with E-state index in [1.807, 2.05) is 0 Å². The second kappa shape index (κ2) is 6.04. The van der Waals surface area contributed by atoms with Crippen LogP contribution in [0.4, 0.5) is 5.69 Å². The van der Waals surface area contributed by atoms with Crippen LogP contribution >= 0.6 is 0 Å². The predicted molar refractivity (Wildman–Crippen MR) is 76.3 cm³/mol. The number of ether oxygens (including phenoxy) is 1. The molecule has 0 atom stereocenters. The van der Waals surface area contributed by atoms with Crippen LogP contribution in [0.1, 0.15) is 19.4 Å². The van der Waals surface area contributed by atoms with Crippen molar-refractivity contribution in [3.05, 3.63) is 29.8 Å². The molecule has 2 rings (SSSR count). The number of carbonyl (C=O) groups excluding carboxylic acids is 1. The smallest absolute Gasteiger partial charge is 0.238 e. The molecule has 1 fully saturated rings. The Bertz CT molecular complexity index is 534. The van der Waals surface area contributed by atoms with Gasteiger partial charge in [-0.15, -0.1) is 0 Å². The molecule has 106 valence electrons. The molecule has 0 aromatic heterocycles. The van der Waals surface area contributed by atoms with E-state index in [-0.39, 0.29) is 11.4 Å². The molecule has 0 unspecified atom stereocenters. The van der Waals surface area contributed by atoms with Crippen LogP contribution in [-0.2, 0) is 9.53 Å². The molecule has 0 radical (unpaired) electrons. The van der Waals surface area contributed by atoms with E-state index in [0.29, 0.717) is 31.0 Å². The summed E-state index contributed by atoms with van der Waals surface area (Å²) in [5.41, 5.74) is 1.05. The number of nitrogens with zero attached hydrogens (tertiary/aromatic N) is 2. The van der Waals surface area contributed by atoms with Gasteiger partial charge in [0, 0.05) is 17.8 Å². The molecule has 0 bridgehead atoms. The number of morpholine rings is 1. The number of nitriles is 1. The summed E-state index contributed by atoms with van der Waals surface area (Å²) in [4.78, 5) is 14.2. The van der Waals surface area contributed by atoms with Crippen molar-refractivity contribution in [2.45, 2.75) is 19.4 Å².